The van der Waals surface area contributed by atoms with Crippen LogP contribution in [0, 0.1) is 0 Å². The SMILES string of the molecule is CC(=O)/C(Sc1nnc(NC(=O)Nc2cccs2)s1)=C(/C)O. The average Bonchev–Trinajstić information content (AvgIpc) is 3.07. The molecular formula is C12H12N4O3S3. The van der Waals surface area contributed by atoms with Crippen LogP contribution in [0.1, 0.15) is 13.8 Å². The van der Waals surface area contributed by atoms with Crippen molar-refractivity contribution in [1.82, 2.24) is 10.2 Å². The first-order chi connectivity index (χ1) is 10.5. The van der Waals surface area contributed by atoms with Crippen LogP contribution >= 0.6 is 34.4 Å². The van der Waals surface area contributed by atoms with Crippen LogP contribution in [-0.4, -0.2) is 27.1 Å². The number of thiophene rings is 1. The molecule has 0 unspecified atom stereocenters. The summed E-state index contributed by atoms with van der Waals surface area (Å²) in [6.07, 6.45) is 0. The van der Waals surface area contributed by atoms with Crippen LogP contribution in [0.2, 0.25) is 0 Å². The van der Waals surface area contributed by atoms with Gasteiger partial charge in [-0.3, -0.25) is 15.4 Å². The smallest absolute Gasteiger partial charge is 0.326 e. The van der Waals surface area contributed by atoms with Crippen LogP contribution in [0.3, 0.4) is 0 Å². The van der Waals surface area contributed by atoms with E-state index in [9.17, 15) is 14.7 Å². The number of allylic oxidation sites excluding steroid dienone is 2. The highest BCUT2D eigenvalue weighted by molar-refractivity contribution is 8.05. The van der Waals surface area contributed by atoms with Gasteiger partial charge in [0.15, 0.2) is 10.1 Å². The highest BCUT2D eigenvalue weighted by Gasteiger charge is 2.15. The first-order valence-electron chi connectivity index (χ1n) is 5.99. The van der Waals surface area contributed by atoms with Crippen molar-refractivity contribution in [3.63, 3.8) is 0 Å². The number of hydrogen-bond acceptors (Lipinski definition) is 8. The van der Waals surface area contributed by atoms with Crippen molar-refractivity contribution in [3.8, 4) is 0 Å². The quantitative estimate of drug-likeness (QED) is 0.326. The second-order valence-electron chi connectivity index (χ2n) is 4.00. The van der Waals surface area contributed by atoms with Gasteiger partial charge >= 0.3 is 6.03 Å². The van der Waals surface area contributed by atoms with Gasteiger partial charge in [0.2, 0.25) is 5.13 Å². The molecule has 116 valence electrons. The number of amides is 2. The van der Waals surface area contributed by atoms with Crippen LogP contribution in [0.4, 0.5) is 14.9 Å². The summed E-state index contributed by atoms with van der Waals surface area (Å²) in [6.45, 7) is 2.79. The molecule has 0 saturated carbocycles. The lowest BCUT2D eigenvalue weighted by atomic mass is 10.4. The van der Waals surface area contributed by atoms with E-state index in [1.165, 1.54) is 25.2 Å². The Kier molecular flexibility index (Phi) is 5.52. The number of carbonyl (C=O) groups excluding carboxylic acids is 2. The van der Waals surface area contributed by atoms with Crippen molar-refractivity contribution in [2.75, 3.05) is 10.6 Å². The number of Topliss-reactive ketones (excluding diaryl/α,β-unsaturated/α-hetero) is 1. The minimum atomic E-state index is -0.421. The van der Waals surface area contributed by atoms with Gasteiger partial charge in [-0.15, -0.1) is 21.5 Å². The second kappa shape index (κ2) is 7.38. The van der Waals surface area contributed by atoms with Crippen molar-refractivity contribution >= 4 is 56.4 Å². The second-order valence-corrected chi connectivity index (χ2v) is 7.19. The Balaban J connectivity index is 1.98. The lowest BCUT2D eigenvalue weighted by molar-refractivity contribution is -0.113. The molecule has 0 aliphatic heterocycles. The zero-order valence-electron chi connectivity index (χ0n) is 11.6. The van der Waals surface area contributed by atoms with E-state index in [4.69, 9.17) is 0 Å². The van der Waals surface area contributed by atoms with Crippen molar-refractivity contribution < 1.29 is 14.7 Å². The Morgan fingerprint density at radius 2 is 2.05 bits per heavy atom. The predicted octanol–water partition coefficient (Wildman–Crippen LogP) is 3.71. The molecule has 2 rings (SSSR count). The molecule has 0 spiro atoms. The van der Waals surface area contributed by atoms with E-state index >= 15 is 0 Å². The van der Waals surface area contributed by atoms with Gasteiger partial charge in [-0.2, -0.15) is 0 Å². The van der Waals surface area contributed by atoms with Gasteiger partial charge in [0.1, 0.15) is 5.76 Å². The number of carbonyl (C=O) groups is 2. The Morgan fingerprint density at radius 1 is 1.27 bits per heavy atom. The topological polar surface area (TPSA) is 104 Å². The van der Waals surface area contributed by atoms with E-state index < -0.39 is 6.03 Å². The number of nitrogens with one attached hydrogen (secondary N) is 2. The molecule has 2 amide bonds. The number of anilines is 2. The van der Waals surface area contributed by atoms with Crippen LogP contribution in [0.25, 0.3) is 0 Å². The predicted molar refractivity (Wildman–Crippen MR) is 88.7 cm³/mol. The Morgan fingerprint density at radius 3 is 2.64 bits per heavy atom. The lowest BCUT2D eigenvalue weighted by Gasteiger charge is -2.01. The third kappa shape index (κ3) is 4.55. The zero-order valence-corrected chi connectivity index (χ0v) is 14.1. The summed E-state index contributed by atoms with van der Waals surface area (Å²) in [6, 6.07) is 3.18. The largest absolute Gasteiger partial charge is 0.511 e. The van der Waals surface area contributed by atoms with Crippen LogP contribution < -0.4 is 10.6 Å². The molecule has 2 aromatic heterocycles. The Hall–Kier alpha value is -1.91. The Bertz CT molecular complexity index is 705. The molecule has 0 saturated heterocycles. The fourth-order valence-corrected chi connectivity index (χ4v) is 3.67. The van der Waals surface area contributed by atoms with Crippen molar-refractivity contribution in [2.45, 2.75) is 18.2 Å². The van der Waals surface area contributed by atoms with Gasteiger partial charge in [0.25, 0.3) is 0 Å². The summed E-state index contributed by atoms with van der Waals surface area (Å²) in [5.41, 5.74) is 0. The first-order valence-corrected chi connectivity index (χ1v) is 8.50. The molecule has 0 radical (unpaired) electrons. The summed E-state index contributed by atoms with van der Waals surface area (Å²) in [4.78, 5) is 23.3. The lowest BCUT2D eigenvalue weighted by Crippen LogP contribution is -2.18. The highest BCUT2D eigenvalue weighted by atomic mass is 32.2. The summed E-state index contributed by atoms with van der Waals surface area (Å²) in [7, 11) is 0. The van der Waals surface area contributed by atoms with Gasteiger partial charge in [0.05, 0.1) is 9.91 Å². The van der Waals surface area contributed by atoms with Gasteiger partial charge < -0.3 is 5.11 Å². The number of nitrogens with zero attached hydrogens (tertiary/aromatic N) is 2. The summed E-state index contributed by atoms with van der Waals surface area (Å²) >= 11 is 3.53. The molecule has 0 atom stereocenters. The highest BCUT2D eigenvalue weighted by Crippen LogP contribution is 2.33. The van der Waals surface area contributed by atoms with E-state index in [1.807, 2.05) is 11.4 Å². The van der Waals surface area contributed by atoms with E-state index in [-0.39, 0.29) is 16.4 Å². The molecule has 2 heterocycles. The van der Waals surface area contributed by atoms with Crippen molar-refractivity contribution in [1.29, 1.82) is 0 Å². The summed E-state index contributed by atoms with van der Waals surface area (Å²) in [5.74, 6) is -0.331. The number of aliphatic hydroxyl groups excluding tert-OH is 1. The number of urea groups is 1. The average molecular weight is 356 g/mol. The molecule has 22 heavy (non-hydrogen) atoms. The van der Waals surface area contributed by atoms with Crippen molar-refractivity contribution in [2.24, 2.45) is 0 Å². The third-order valence-corrected chi connectivity index (χ3v) is 5.18. The van der Waals surface area contributed by atoms with E-state index in [0.29, 0.717) is 14.5 Å². The summed E-state index contributed by atoms with van der Waals surface area (Å²) in [5, 5.41) is 25.2. The van der Waals surface area contributed by atoms with E-state index in [2.05, 4.69) is 20.8 Å². The molecule has 3 N–H and O–H groups in total. The first kappa shape index (κ1) is 16.5. The van der Waals surface area contributed by atoms with Crippen molar-refractivity contribution in [3.05, 3.63) is 28.2 Å². The molecular weight excluding hydrogens is 344 g/mol. The van der Waals surface area contributed by atoms with Crippen LogP contribution in [-0.2, 0) is 4.79 Å². The Labute approximate surface area is 138 Å². The number of thioether (sulfide) groups is 1. The molecule has 0 aliphatic rings. The van der Waals surface area contributed by atoms with Gasteiger partial charge in [-0.05, 0) is 43.1 Å². The number of aromatic nitrogens is 2. The fraction of sp³-hybridized carbons (Fsp3) is 0.167. The molecule has 0 bridgehead atoms. The monoisotopic (exact) mass is 356 g/mol. The minimum absolute atomic E-state index is 0.0716. The normalized spacial score (nSPS) is 11.7. The summed E-state index contributed by atoms with van der Waals surface area (Å²) < 4.78 is 0.449. The molecule has 10 heteroatoms. The molecule has 0 aromatic carbocycles. The third-order valence-electron chi connectivity index (χ3n) is 2.22. The molecule has 0 fully saturated rings. The maximum Gasteiger partial charge on any atom is 0.326 e. The molecule has 0 aliphatic carbocycles. The maximum atomic E-state index is 11.7. The number of ketones is 1. The zero-order chi connectivity index (χ0) is 16.1. The molecule has 7 nitrogen and oxygen atoms in total. The van der Waals surface area contributed by atoms with Gasteiger partial charge in [-0.25, -0.2) is 4.79 Å². The number of hydrogen-bond donors (Lipinski definition) is 3. The molecule has 2 aromatic rings. The standard InChI is InChI=1S/C12H12N4O3S3/c1-6(17)9(7(2)18)21-12-16-15-11(22-12)14-10(19)13-8-4-3-5-20-8/h3-5,17H,1-2H3,(H2,13,14,15,19)/b9-6+. The minimum Gasteiger partial charge on any atom is -0.511 e. The van der Waals surface area contributed by atoms with Crippen LogP contribution in [0.15, 0.2) is 32.5 Å². The maximum absolute atomic E-state index is 11.7. The van der Waals surface area contributed by atoms with E-state index in [1.54, 1.807) is 6.07 Å². The van der Waals surface area contributed by atoms with Gasteiger partial charge in [-0.1, -0.05) is 11.3 Å². The van der Waals surface area contributed by atoms with E-state index in [0.717, 1.165) is 23.1 Å². The van der Waals surface area contributed by atoms with Crippen LogP contribution in [0.5, 0.6) is 0 Å². The number of aliphatic hydroxyl groups is 1. The fourth-order valence-electron chi connectivity index (χ4n) is 1.38. The van der Waals surface area contributed by atoms with Gasteiger partial charge in [0, 0.05) is 0 Å². The number of rotatable bonds is 5.